The predicted octanol–water partition coefficient (Wildman–Crippen LogP) is 1.14. The fourth-order valence-corrected chi connectivity index (χ4v) is 2.75. The first-order chi connectivity index (χ1) is 10.0. The summed E-state index contributed by atoms with van der Waals surface area (Å²) in [6.07, 6.45) is 0. The van der Waals surface area contributed by atoms with Crippen molar-refractivity contribution >= 4 is 39.2 Å². The van der Waals surface area contributed by atoms with Crippen LogP contribution in [0.25, 0.3) is 10.2 Å². The third kappa shape index (κ3) is 3.79. The number of fused-ring (bicyclic) bond motifs is 1. The molecular weight excluding hydrogens is 290 g/mol. The minimum atomic E-state index is -0.431. The molecule has 1 atom stereocenters. The van der Waals surface area contributed by atoms with Gasteiger partial charge in [0.1, 0.15) is 16.7 Å². The zero-order valence-corrected chi connectivity index (χ0v) is 13.1. The number of nitrogens with two attached hydrogens (primary N) is 1. The molecule has 4 N–H and O–H groups in total. The van der Waals surface area contributed by atoms with Crippen LogP contribution in [0.3, 0.4) is 0 Å². The number of nitrogens with one attached hydrogen (secondary N) is 2. The molecule has 2 aromatic rings. The lowest BCUT2D eigenvalue weighted by molar-refractivity contribution is -0.121. The Morgan fingerprint density at radius 1 is 1.52 bits per heavy atom. The second-order valence-corrected chi connectivity index (χ2v) is 5.89. The van der Waals surface area contributed by atoms with Crippen molar-refractivity contribution in [2.24, 2.45) is 0 Å². The van der Waals surface area contributed by atoms with Gasteiger partial charge < -0.3 is 21.1 Å². The molecule has 7 nitrogen and oxygen atoms in total. The normalized spacial score (nSPS) is 12.3. The maximum absolute atomic E-state index is 11.9. The highest BCUT2D eigenvalue weighted by atomic mass is 32.1. The number of hydrogen-bond acceptors (Lipinski definition) is 7. The van der Waals surface area contributed by atoms with Crippen molar-refractivity contribution in [1.29, 1.82) is 0 Å². The third-order valence-electron chi connectivity index (χ3n) is 2.89. The van der Waals surface area contributed by atoms with Gasteiger partial charge >= 0.3 is 0 Å². The highest BCUT2D eigenvalue weighted by molar-refractivity contribution is 7.18. The summed E-state index contributed by atoms with van der Waals surface area (Å²) < 4.78 is 4.90. The number of aryl methyl sites for hydroxylation is 1. The maximum atomic E-state index is 11.9. The number of ether oxygens (including phenoxy) is 1. The monoisotopic (exact) mass is 309 g/mol. The number of nitrogens with zero attached hydrogens (tertiary/aromatic N) is 2. The Kier molecular flexibility index (Phi) is 4.92. The molecule has 0 fully saturated rings. The molecule has 2 rings (SSSR count). The Balaban J connectivity index is 2.13. The summed E-state index contributed by atoms with van der Waals surface area (Å²) in [5.41, 5.74) is 5.71. The molecule has 114 valence electrons. The molecule has 1 amide bonds. The molecule has 1 unspecified atom stereocenters. The number of carbonyl (C=O) groups is 1. The lowest BCUT2D eigenvalue weighted by atomic mass is 10.2. The van der Waals surface area contributed by atoms with Crippen molar-refractivity contribution in [2.45, 2.75) is 19.9 Å². The lowest BCUT2D eigenvalue weighted by Gasteiger charge is -2.15. The maximum Gasteiger partial charge on any atom is 0.242 e. The molecule has 2 heterocycles. The van der Waals surface area contributed by atoms with Crippen LogP contribution in [0.15, 0.2) is 6.07 Å². The average molecular weight is 309 g/mol. The molecule has 8 heteroatoms. The molecule has 0 saturated carbocycles. The van der Waals surface area contributed by atoms with E-state index in [2.05, 4.69) is 20.6 Å². The van der Waals surface area contributed by atoms with E-state index < -0.39 is 6.04 Å². The van der Waals surface area contributed by atoms with Gasteiger partial charge in [-0.3, -0.25) is 4.79 Å². The van der Waals surface area contributed by atoms with E-state index in [1.54, 1.807) is 25.4 Å². The summed E-state index contributed by atoms with van der Waals surface area (Å²) in [7, 11) is 1.59. The standard InChI is InChI=1S/C13H19N5O2S/c1-7-6-9-10(17-13(14)18-12(9)21-7)16-8(2)11(19)15-4-5-20-3/h6,8H,4-5H2,1-3H3,(H,15,19)(H3,14,16,17,18). The zero-order chi connectivity index (χ0) is 15.4. The second kappa shape index (κ2) is 6.68. The summed E-state index contributed by atoms with van der Waals surface area (Å²) in [5, 5.41) is 6.74. The van der Waals surface area contributed by atoms with Crippen LogP contribution in [0.5, 0.6) is 0 Å². The summed E-state index contributed by atoms with van der Waals surface area (Å²) in [5.74, 6) is 0.652. The Hall–Kier alpha value is -1.93. The van der Waals surface area contributed by atoms with Crippen molar-refractivity contribution < 1.29 is 9.53 Å². The molecule has 2 aromatic heterocycles. The molecule has 0 aliphatic carbocycles. The van der Waals surface area contributed by atoms with Crippen molar-refractivity contribution in [2.75, 3.05) is 31.3 Å². The molecule has 0 aliphatic rings. The average Bonchev–Trinajstić information content (AvgIpc) is 2.79. The Morgan fingerprint density at radius 3 is 3.00 bits per heavy atom. The van der Waals surface area contributed by atoms with Crippen LogP contribution in [-0.2, 0) is 9.53 Å². The number of nitrogen functional groups attached to an aromatic ring is 1. The van der Waals surface area contributed by atoms with Gasteiger partial charge in [0.25, 0.3) is 0 Å². The van der Waals surface area contributed by atoms with Gasteiger partial charge in [0, 0.05) is 18.5 Å². The molecule has 0 saturated heterocycles. The first-order valence-electron chi connectivity index (χ1n) is 6.58. The number of amides is 1. The highest BCUT2D eigenvalue weighted by Gasteiger charge is 2.16. The first kappa shape index (κ1) is 15.5. The number of methoxy groups -OCH3 is 1. The van der Waals surface area contributed by atoms with Gasteiger partial charge in [-0.05, 0) is 19.9 Å². The van der Waals surface area contributed by atoms with Gasteiger partial charge in [-0.25, -0.2) is 4.98 Å². The molecule has 0 bridgehead atoms. The van der Waals surface area contributed by atoms with Crippen molar-refractivity contribution in [3.8, 4) is 0 Å². The van der Waals surface area contributed by atoms with Gasteiger partial charge in [-0.15, -0.1) is 11.3 Å². The number of carbonyl (C=O) groups excluding carboxylic acids is 1. The molecular formula is C13H19N5O2S. The van der Waals surface area contributed by atoms with Crippen LogP contribution in [0.2, 0.25) is 0 Å². The van der Waals surface area contributed by atoms with Crippen molar-refractivity contribution in [3.05, 3.63) is 10.9 Å². The van der Waals surface area contributed by atoms with E-state index in [4.69, 9.17) is 10.5 Å². The Labute approximate surface area is 126 Å². The van der Waals surface area contributed by atoms with Crippen LogP contribution in [0.4, 0.5) is 11.8 Å². The van der Waals surface area contributed by atoms with Crippen LogP contribution in [0, 0.1) is 6.92 Å². The van der Waals surface area contributed by atoms with Gasteiger partial charge in [-0.1, -0.05) is 0 Å². The number of anilines is 2. The molecule has 0 radical (unpaired) electrons. The van der Waals surface area contributed by atoms with Crippen LogP contribution >= 0.6 is 11.3 Å². The predicted molar refractivity (Wildman–Crippen MR) is 84.5 cm³/mol. The number of rotatable bonds is 6. The Bertz CT molecular complexity index is 643. The number of thiophene rings is 1. The van der Waals surface area contributed by atoms with Gasteiger partial charge in [0.05, 0.1) is 12.0 Å². The smallest absolute Gasteiger partial charge is 0.242 e. The summed E-state index contributed by atoms with van der Waals surface area (Å²) in [4.78, 5) is 22.3. The van der Waals surface area contributed by atoms with E-state index in [1.165, 1.54) is 0 Å². The van der Waals surface area contributed by atoms with Crippen LogP contribution in [-0.4, -0.2) is 42.2 Å². The largest absolute Gasteiger partial charge is 0.383 e. The van der Waals surface area contributed by atoms with Crippen LogP contribution < -0.4 is 16.4 Å². The topological polar surface area (TPSA) is 102 Å². The van der Waals surface area contributed by atoms with Crippen molar-refractivity contribution in [3.63, 3.8) is 0 Å². The highest BCUT2D eigenvalue weighted by Crippen LogP contribution is 2.29. The van der Waals surface area contributed by atoms with E-state index in [9.17, 15) is 4.79 Å². The van der Waals surface area contributed by atoms with Gasteiger partial charge in [0.15, 0.2) is 0 Å². The lowest BCUT2D eigenvalue weighted by Crippen LogP contribution is -2.39. The SMILES string of the molecule is COCCNC(=O)C(C)Nc1nc(N)nc2sc(C)cc12. The zero-order valence-electron chi connectivity index (χ0n) is 12.3. The minimum absolute atomic E-state index is 0.121. The van der Waals surface area contributed by atoms with E-state index in [-0.39, 0.29) is 11.9 Å². The van der Waals surface area contributed by atoms with E-state index in [0.717, 1.165) is 15.1 Å². The second-order valence-electron chi connectivity index (χ2n) is 4.66. The van der Waals surface area contributed by atoms with E-state index in [0.29, 0.717) is 19.0 Å². The third-order valence-corrected chi connectivity index (χ3v) is 3.83. The quantitative estimate of drug-likeness (QED) is 0.692. The van der Waals surface area contributed by atoms with Gasteiger partial charge in [-0.2, -0.15) is 4.98 Å². The fourth-order valence-electron chi connectivity index (χ4n) is 1.87. The van der Waals surface area contributed by atoms with E-state index >= 15 is 0 Å². The minimum Gasteiger partial charge on any atom is -0.383 e. The molecule has 21 heavy (non-hydrogen) atoms. The summed E-state index contributed by atoms with van der Waals surface area (Å²) >= 11 is 1.54. The van der Waals surface area contributed by atoms with E-state index in [1.807, 2.05) is 13.0 Å². The number of hydrogen-bond donors (Lipinski definition) is 3. The molecule has 0 aromatic carbocycles. The number of aromatic nitrogens is 2. The van der Waals surface area contributed by atoms with Crippen LogP contribution in [0.1, 0.15) is 11.8 Å². The van der Waals surface area contributed by atoms with Crippen molar-refractivity contribution in [1.82, 2.24) is 15.3 Å². The molecule has 0 aliphatic heterocycles. The first-order valence-corrected chi connectivity index (χ1v) is 7.39. The Morgan fingerprint density at radius 2 is 2.29 bits per heavy atom. The fraction of sp³-hybridized carbons (Fsp3) is 0.462. The molecule has 0 spiro atoms. The van der Waals surface area contributed by atoms with Gasteiger partial charge in [0.2, 0.25) is 11.9 Å². The summed E-state index contributed by atoms with van der Waals surface area (Å²) in [6.45, 7) is 4.71. The summed E-state index contributed by atoms with van der Waals surface area (Å²) in [6, 6.07) is 1.55.